The number of hydrogen-bond donors (Lipinski definition) is 1. The summed E-state index contributed by atoms with van der Waals surface area (Å²) in [5.74, 6) is -0.561. The topological polar surface area (TPSA) is 76.1 Å². The first kappa shape index (κ1) is 20.9. The van der Waals surface area contributed by atoms with Crippen LogP contribution in [0.2, 0.25) is 20.1 Å². The Morgan fingerprint density at radius 2 is 1.61 bits per heavy atom. The predicted octanol–water partition coefficient (Wildman–Crippen LogP) is 5.73. The normalized spacial score (nSPS) is 11.3. The standard InChI is InChI=1S/C18H10Cl4N2O3S/c19-10-7-16(24-28(26,27)11-5-6-14(21)15(22)8-11)17(23-9-10)18(25)12-3-1-2-4-13(12)20/h1-9,24H. The van der Waals surface area contributed by atoms with Crippen molar-refractivity contribution in [3.8, 4) is 0 Å². The van der Waals surface area contributed by atoms with Crippen molar-refractivity contribution >= 4 is 67.9 Å². The molecule has 3 aromatic rings. The summed E-state index contributed by atoms with van der Waals surface area (Å²) >= 11 is 23.7. The van der Waals surface area contributed by atoms with Gasteiger partial charge in [0.1, 0.15) is 5.69 Å². The third-order valence-electron chi connectivity index (χ3n) is 3.63. The smallest absolute Gasteiger partial charge is 0.262 e. The molecule has 5 nitrogen and oxygen atoms in total. The number of rotatable bonds is 5. The maximum absolute atomic E-state index is 12.9. The van der Waals surface area contributed by atoms with Crippen molar-refractivity contribution in [1.82, 2.24) is 4.98 Å². The first-order valence-electron chi connectivity index (χ1n) is 7.61. The minimum Gasteiger partial charge on any atom is -0.287 e. The highest BCUT2D eigenvalue weighted by Crippen LogP contribution is 2.29. The van der Waals surface area contributed by atoms with E-state index < -0.39 is 15.8 Å². The van der Waals surface area contributed by atoms with Crippen LogP contribution in [0.5, 0.6) is 0 Å². The first-order chi connectivity index (χ1) is 13.2. The Labute approximate surface area is 181 Å². The number of nitrogens with zero attached hydrogens (tertiary/aromatic N) is 1. The Morgan fingerprint density at radius 3 is 2.29 bits per heavy atom. The van der Waals surface area contributed by atoms with Crippen LogP contribution in [0.25, 0.3) is 0 Å². The number of sulfonamides is 1. The van der Waals surface area contributed by atoms with Crippen molar-refractivity contribution in [2.75, 3.05) is 4.72 Å². The molecule has 0 aliphatic carbocycles. The lowest BCUT2D eigenvalue weighted by Crippen LogP contribution is -2.17. The fourth-order valence-corrected chi connectivity index (χ4v) is 4.14. The highest BCUT2D eigenvalue weighted by atomic mass is 35.5. The number of ketones is 1. The van der Waals surface area contributed by atoms with Crippen LogP contribution in [0, 0.1) is 0 Å². The number of anilines is 1. The molecule has 0 unspecified atom stereocenters. The summed E-state index contributed by atoms with van der Waals surface area (Å²) in [4.78, 5) is 16.7. The van der Waals surface area contributed by atoms with Gasteiger partial charge in [0.15, 0.2) is 0 Å². The van der Waals surface area contributed by atoms with Crippen molar-refractivity contribution in [3.05, 3.63) is 86.1 Å². The largest absolute Gasteiger partial charge is 0.287 e. The van der Waals surface area contributed by atoms with E-state index in [1.54, 1.807) is 18.2 Å². The van der Waals surface area contributed by atoms with Crippen molar-refractivity contribution in [2.45, 2.75) is 4.90 Å². The lowest BCUT2D eigenvalue weighted by Gasteiger charge is -2.13. The van der Waals surface area contributed by atoms with E-state index in [-0.39, 0.29) is 41.9 Å². The summed E-state index contributed by atoms with van der Waals surface area (Å²) in [6.45, 7) is 0. The van der Waals surface area contributed by atoms with Gasteiger partial charge in [-0.1, -0.05) is 58.5 Å². The molecule has 28 heavy (non-hydrogen) atoms. The minimum atomic E-state index is -4.09. The second kappa shape index (κ2) is 8.27. The van der Waals surface area contributed by atoms with Crippen LogP contribution in [-0.4, -0.2) is 19.2 Å². The van der Waals surface area contributed by atoms with E-state index >= 15 is 0 Å². The molecule has 144 valence electrons. The van der Waals surface area contributed by atoms with Gasteiger partial charge in [0.05, 0.1) is 30.7 Å². The predicted molar refractivity (Wildman–Crippen MR) is 111 cm³/mol. The zero-order chi connectivity index (χ0) is 20.5. The molecule has 3 rings (SSSR count). The average Bonchev–Trinajstić information content (AvgIpc) is 2.63. The highest BCUT2D eigenvalue weighted by Gasteiger charge is 2.23. The van der Waals surface area contributed by atoms with Gasteiger partial charge in [-0.15, -0.1) is 0 Å². The summed E-state index contributed by atoms with van der Waals surface area (Å²) in [7, 11) is -4.09. The van der Waals surface area contributed by atoms with Gasteiger partial charge < -0.3 is 0 Å². The summed E-state index contributed by atoms with van der Waals surface area (Å²) < 4.78 is 27.8. The van der Waals surface area contributed by atoms with Gasteiger partial charge >= 0.3 is 0 Å². The second-order valence-corrected chi connectivity index (χ2v) is 8.88. The van der Waals surface area contributed by atoms with E-state index in [2.05, 4.69) is 9.71 Å². The van der Waals surface area contributed by atoms with Crippen LogP contribution in [0.3, 0.4) is 0 Å². The average molecular weight is 476 g/mol. The summed E-state index contributed by atoms with van der Waals surface area (Å²) in [6.07, 6.45) is 1.24. The van der Waals surface area contributed by atoms with Crippen LogP contribution in [0.1, 0.15) is 16.1 Å². The molecule has 0 saturated heterocycles. The summed E-state index contributed by atoms with van der Waals surface area (Å²) in [5, 5.41) is 0.630. The molecule has 0 aliphatic heterocycles. The number of pyridine rings is 1. The van der Waals surface area contributed by atoms with Crippen LogP contribution in [0.15, 0.2) is 59.6 Å². The van der Waals surface area contributed by atoms with Gasteiger partial charge in [-0.25, -0.2) is 13.4 Å². The van der Waals surface area contributed by atoms with Crippen molar-refractivity contribution in [2.24, 2.45) is 0 Å². The Hall–Kier alpha value is -1.83. The Bertz CT molecular complexity index is 1180. The molecule has 0 bridgehead atoms. The third-order valence-corrected chi connectivity index (χ3v) is 6.27. The Morgan fingerprint density at radius 1 is 0.893 bits per heavy atom. The summed E-state index contributed by atoms with van der Waals surface area (Å²) in [5.41, 5.74) is -0.0707. The maximum Gasteiger partial charge on any atom is 0.262 e. The molecule has 10 heteroatoms. The molecule has 0 saturated carbocycles. The van der Waals surface area contributed by atoms with E-state index in [0.29, 0.717) is 0 Å². The van der Waals surface area contributed by atoms with E-state index in [4.69, 9.17) is 46.4 Å². The quantitative estimate of drug-likeness (QED) is 0.478. The zero-order valence-corrected chi connectivity index (χ0v) is 17.6. The zero-order valence-electron chi connectivity index (χ0n) is 13.8. The Kier molecular flexibility index (Phi) is 6.17. The highest BCUT2D eigenvalue weighted by molar-refractivity contribution is 7.92. The van der Waals surface area contributed by atoms with Crippen molar-refractivity contribution in [3.63, 3.8) is 0 Å². The molecular weight excluding hydrogens is 466 g/mol. The molecule has 0 aliphatic rings. The summed E-state index contributed by atoms with van der Waals surface area (Å²) in [6, 6.07) is 11.5. The molecule has 1 N–H and O–H groups in total. The molecule has 1 aromatic heterocycles. The van der Waals surface area contributed by atoms with Crippen molar-refractivity contribution < 1.29 is 13.2 Å². The molecule has 2 aromatic carbocycles. The van der Waals surface area contributed by atoms with Gasteiger partial charge in [0, 0.05) is 11.8 Å². The molecule has 0 atom stereocenters. The monoisotopic (exact) mass is 474 g/mol. The number of hydrogen-bond acceptors (Lipinski definition) is 4. The van der Waals surface area contributed by atoms with Crippen LogP contribution in [0.4, 0.5) is 5.69 Å². The van der Waals surface area contributed by atoms with Gasteiger partial charge in [-0.3, -0.25) is 9.52 Å². The van der Waals surface area contributed by atoms with E-state index in [1.165, 1.54) is 36.5 Å². The van der Waals surface area contributed by atoms with E-state index in [9.17, 15) is 13.2 Å². The van der Waals surface area contributed by atoms with Crippen LogP contribution >= 0.6 is 46.4 Å². The van der Waals surface area contributed by atoms with Crippen LogP contribution < -0.4 is 4.72 Å². The first-order valence-corrected chi connectivity index (χ1v) is 10.6. The SMILES string of the molecule is O=C(c1ccccc1Cl)c1ncc(Cl)cc1NS(=O)(=O)c1ccc(Cl)c(Cl)c1. The molecule has 1 heterocycles. The second-order valence-electron chi connectivity index (χ2n) is 5.54. The van der Waals surface area contributed by atoms with Crippen molar-refractivity contribution in [1.29, 1.82) is 0 Å². The number of nitrogens with one attached hydrogen (secondary N) is 1. The number of aromatic nitrogens is 1. The fraction of sp³-hybridized carbons (Fsp3) is 0. The van der Waals surface area contributed by atoms with Gasteiger partial charge in [-0.2, -0.15) is 0 Å². The van der Waals surface area contributed by atoms with Gasteiger partial charge in [0.2, 0.25) is 5.78 Å². The molecule has 0 spiro atoms. The number of carbonyl (C=O) groups is 1. The fourth-order valence-electron chi connectivity index (χ4n) is 2.32. The Balaban J connectivity index is 2.05. The van der Waals surface area contributed by atoms with Crippen LogP contribution in [-0.2, 0) is 10.0 Å². The van der Waals surface area contributed by atoms with E-state index in [0.717, 1.165) is 0 Å². The van der Waals surface area contributed by atoms with E-state index in [1.807, 2.05) is 0 Å². The molecular formula is C18H10Cl4N2O3S. The number of carbonyl (C=O) groups excluding carboxylic acids is 1. The van der Waals surface area contributed by atoms with Gasteiger partial charge in [-0.05, 0) is 36.4 Å². The number of halogens is 4. The van der Waals surface area contributed by atoms with Gasteiger partial charge in [0.25, 0.3) is 10.0 Å². The molecule has 0 fully saturated rings. The lowest BCUT2D eigenvalue weighted by atomic mass is 10.1. The molecule has 0 amide bonds. The molecule has 0 radical (unpaired) electrons. The number of benzene rings is 2. The lowest BCUT2D eigenvalue weighted by molar-refractivity contribution is 0.103. The third kappa shape index (κ3) is 4.42. The minimum absolute atomic E-state index is 0.0705. The maximum atomic E-state index is 12.9.